The fourth-order valence-corrected chi connectivity index (χ4v) is 4.55. The Labute approximate surface area is 158 Å². The molecule has 0 radical (unpaired) electrons. The highest BCUT2D eigenvalue weighted by Gasteiger charge is 2.36. The highest BCUT2D eigenvalue weighted by Crippen LogP contribution is 2.19. The van der Waals surface area contributed by atoms with Gasteiger partial charge in [0.15, 0.2) is 9.84 Å². The van der Waals surface area contributed by atoms with Gasteiger partial charge in [-0.2, -0.15) is 0 Å². The number of benzene rings is 1. The number of ether oxygens (including phenoxy) is 1. The van der Waals surface area contributed by atoms with E-state index >= 15 is 0 Å². The number of hydrogen-bond acceptors (Lipinski definition) is 6. The minimum absolute atomic E-state index is 0.000654. The number of nitrogens with zero attached hydrogens (tertiary/aromatic N) is 1. The van der Waals surface area contributed by atoms with Gasteiger partial charge in [-0.15, -0.1) is 0 Å². The number of hydrogen-bond donors (Lipinski definition) is 2. The molecule has 2 N–H and O–H groups in total. The van der Waals surface area contributed by atoms with Crippen molar-refractivity contribution in [3.8, 4) is 0 Å². The van der Waals surface area contributed by atoms with E-state index in [4.69, 9.17) is 4.74 Å². The van der Waals surface area contributed by atoms with Gasteiger partial charge >= 0.3 is 11.8 Å². The van der Waals surface area contributed by atoms with Crippen molar-refractivity contribution < 1.29 is 27.5 Å². The first kappa shape index (κ1) is 20.8. The predicted molar refractivity (Wildman–Crippen MR) is 100 cm³/mol. The van der Waals surface area contributed by atoms with Gasteiger partial charge in [-0.1, -0.05) is 0 Å². The van der Waals surface area contributed by atoms with Gasteiger partial charge in [0.2, 0.25) is 5.91 Å². The predicted octanol–water partition coefficient (Wildman–Crippen LogP) is 0.246. The van der Waals surface area contributed by atoms with Crippen LogP contribution < -0.4 is 10.6 Å². The van der Waals surface area contributed by atoms with E-state index in [1.54, 1.807) is 24.3 Å². The van der Waals surface area contributed by atoms with Crippen LogP contribution in [0.2, 0.25) is 0 Å². The lowest BCUT2D eigenvalue weighted by atomic mass is 10.2. The summed E-state index contributed by atoms with van der Waals surface area (Å²) in [7, 11) is -1.74. The maximum Gasteiger partial charge on any atom is 0.313 e. The number of anilines is 2. The van der Waals surface area contributed by atoms with E-state index in [0.717, 1.165) is 0 Å². The second-order valence-electron chi connectivity index (χ2n) is 6.26. The number of carbonyl (C=O) groups excluding carboxylic acids is 3. The van der Waals surface area contributed by atoms with Crippen molar-refractivity contribution in [1.82, 2.24) is 4.90 Å². The molecule has 9 nitrogen and oxygen atoms in total. The molecule has 1 heterocycles. The summed E-state index contributed by atoms with van der Waals surface area (Å²) in [6.07, 6.45) is 0.302. The lowest BCUT2D eigenvalue weighted by Gasteiger charge is -2.27. The van der Waals surface area contributed by atoms with Crippen LogP contribution in [-0.2, 0) is 29.0 Å². The average molecular weight is 397 g/mol. The van der Waals surface area contributed by atoms with Gasteiger partial charge in [-0.3, -0.25) is 14.4 Å². The van der Waals surface area contributed by atoms with Crippen molar-refractivity contribution in [2.75, 3.05) is 42.4 Å². The van der Waals surface area contributed by atoms with Crippen molar-refractivity contribution in [3.63, 3.8) is 0 Å². The molecule has 10 heteroatoms. The summed E-state index contributed by atoms with van der Waals surface area (Å²) in [5, 5.41) is 5.09. The van der Waals surface area contributed by atoms with E-state index in [1.165, 1.54) is 18.9 Å². The minimum Gasteiger partial charge on any atom is -0.383 e. The molecule has 0 bridgehead atoms. The van der Waals surface area contributed by atoms with Crippen molar-refractivity contribution in [2.45, 2.75) is 19.4 Å². The fraction of sp³-hybridized carbons (Fsp3) is 0.471. The van der Waals surface area contributed by atoms with Crippen LogP contribution in [0.25, 0.3) is 0 Å². The third kappa shape index (κ3) is 6.04. The maximum atomic E-state index is 12.6. The Hall–Kier alpha value is -2.46. The Kier molecular flexibility index (Phi) is 6.92. The first-order valence-electron chi connectivity index (χ1n) is 8.41. The maximum absolute atomic E-state index is 12.6. The summed E-state index contributed by atoms with van der Waals surface area (Å²) in [6, 6.07) is 5.75. The standard InChI is InChI=1S/C17H23N3O6S/c1-12(21)18-13-3-5-14(6-4-13)19-16(22)17(23)20(8-9-26-2)15-7-10-27(24,25)11-15/h3-6,15H,7-11H2,1-2H3,(H,18,21)(H,19,22). The molecule has 3 amide bonds. The molecule has 148 valence electrons. The zero-order valence-corrected chi connectivity index (χ0v) is 16.0. The van der Waals surface area contributed by atoms with Gasteiger partial charge in [-0.25, -0.2) is 8.42 Å². The lowest BCUT2D eigenvalue weighted by Crippen LogP contribution is -2.47. The second kappa shape index (κ2) is 8.96. The number of rotatable bonds is 6. The van der Waals surface area contributed by atoms with E-state index < -0.39 is 27.7 Å². The molecule has 1 aliphatic heterocycles. The van der Waals surface area contributed by atoms with Crippen LogP contribution in [-0.4, -0.2) is 68.8 Å². The summed E-state index contributed by atoms with van der Waals surface area (Å²) in [4.78, 5) is 37.2. The molecule has 1 atom stereocenters. The van der Waals surface area contributed by atoms with Crippen LogP contribution in [0.15, 0.2) is 24.3 Å². The summed E-state index contributed by atoms with van der Waals surface area (Å²) in [6.45, 7) is 1.71. The van der Waals surface area contributed by atoms with Crippen LogP contribution >= 0.6 is 0 Å². The van der Waals surface area contributed by atoms with Gasteiger partial charge in [0.25, 0.3) is 0 Å². The summed E-state index contributed by atoms with van der Waals surface area (Å²) in [5.41, 5.74) is 0.942. The van der Waals surface area contributed by atoms with E-state index in [-0.39, 0.29) is 30.6 Å². The summed E-state index contributed by atoms with van der Waals surface area (Å²) >= 11 is 0. The molecular weight excluding hydrogens is 374 g/mol. The van der Waals surface area contributed by atoms with Crippen molar-refractivity contribution >= 4 is 38.9 Å². The van der Waals surface area contributed by atoms with Crippen molar-refractivity contribution in [2.24, 2.45) is 0 Å². The molecule has 1 aliphatic rings. The van der Waals surface area contributed by atoms with E-state index in [1.807, 2.05) is 0 Å². The zero-order valence-electron chi connectivity index (χ0n) is 15.2. The average Bonchev–Trinajstić information content (AvgIpc) is 2.96. The number of sulfone groups is 1. The summed E-state index contributed by atoms with van der Waals surface area (Å²) < 4.78 is 28.4. The molecule has 1 unspecified atom stereocenters. The number of methoxy groups -OCH3 is 1. The Morgan fingerprint density at radius 3 is 2.22 bits per heavy atom. The fourth-order valence-electron chi connectivity index (χ4n) is 2.82. The highest BCUT2D eigenvalue weighted by atomic mass is 32.2. The molecule has 1 saturated heterocycles. The minimum atomic E-state index is -3.20. The molecule has 0 aliphatic carbocycles. The lowest BCUT2D eigenvalue weighted by molar-refractivity contribution is -0.144. The molecule has 27 heavy (non-hydrogen) atoms. The molecule has 0 saturated carbocycles. The normalized spacial score (nSPS) is 17.9. The Bertz CT molecular complexity index is 806. The van der Waals surface area contributed by atoms with E-state index in [9.17, 15) is 22.8 Å². The number of carbonyl (C=O) groups is 3. The zero-order chi connectivity index (χ0) is 20.0. The van der Waals surface area contributed by atoms with Crippen LogP contribution in [0, 0.1) is 0 Å². The smallest absolute Gasteiger partial charge is 0.313 e. The monoisotopic (exact) mass is 397 g/mol. The Morgan fingerprint density at radius 1 is 1.15 bits per heavy atom. The van der Waals surface area contributed by atoms with E-state index in [2.05, 4.69) is 10.6 Å². The SMILES string of the molecule is COCCN(C(=O)C(=O)Nc1ccc(NC(C)=O)cc1)C1CCS(=O)(=O)C1. The molecular formula is C17H23N3O6S. The first-order chi connectivity index (χ1) is 12.7. The second-order valence-corrected chi connectivity index (χ2v) is 8.49. The highest BCUT2D eigenvalue weighted by molar-refractivity contribution is 7.91. The van der Waals surface area contributed by atoms with Crippen LogP contribution in [0.1, 0.15) is 13.3 Å². The van der Waals surface area contributed by atoms with Gasteiger partial charge in [0.05, 0.1) is 18.1 Å². The van der Waals surface area contributed by atoms with Crippen LogP contribution in [0.5, 0.6) is 0 Å². The van der Waals surface area contributed by atoms with Gasteiger partial charge in [-0.05, 0) is 30.7 Å². The van der Waals surface area contributed by atoms with Crippen LogP contribution in [0.4, 0.5) is 11.4 Å². The van der Waals surface area contributed by atoms with Crippen molar-refractivity contribution in [3.05, 3.63) is 24.3 Å². The molecule has 0 aromatic heterocycles. The molecule has 1 aromatic rings. The van der Waals surface area contributed by atoms with Crippen LogP contribution in [0.3, 0.4) is 0 Å². The third-order valence-corrected chi connectivity index (χ3v) is 5.85. The first-order valence-corrected chi connectivity index (χ1v) is 10.2. The van der Waals surface area contributed by atoms with Crippen molar-refractivity contribution in [1.29, 1.82) is 0 Å². The largest absolute Gasteiger partial charge is 0.383 e. The van der Waals surface area contributed by atoms with E-state index in [0.29, 0.717) is 17.8 Å². The van der Waals surface area contributed by atoms with Gasteiger partial charge in [0.1, 0.15) is 0 Å². The molecule has 1 aromatic carbocycles. The number of nitrogens with one attached hydrogen (secondary N) is 2. The Morgan fingerprint density at radius 2 is 1.74 bits per heavy atom. The topological polar surface area (TPSA) is 122 Å². The summed E-state index contributed by atoms with van der Waals surface area (Å²) in [5.74, 6) is -2.04. The van der Waals surface area contributed by atoms with Gasteiger partial charge < -0.3 is 20.3 Å². The molecule has 2 rings (SSSR count). The Balaban J connectivity index is 2.05. The molecule has 0 spiro atoms. The third-order valence-electron chi connectivity index (χ3n) is 4.10. The molecule has 1 fully saturated rings. The number of amides is 3. The van der Waals surface area contributed by atoms with Gasteiger partial charge in [0, 0.05) is 38.0 Å². The quantitative estimate of drug-likeness (QED) is 0.664.